The van der Waals surface area contributed by atoms with Crippen molar-refractivity contribution in [1.82, 2.24) is 10.2 Å². The monoisotopic (exact) mass is 271 g/mol. The molecule has 0 spiro atoms. The third-order valence-electron chi connectivity index (χ3n) is 1.83. The van der Waals surface area contributed by atoms with Crippen molar-refractivity contribution in [3.8, 4) is 5.75 Å². The molecule has 0 aromatic carbocycles. The van der Waals surface area contributed by atoms with Gasteiger partial charge in [-0.2, -0.15) is 0 Å². The van der Waals surface area contributed by atoms with Gasteiger partial charge in [-0.05, 0) is 0 Å². The van der Waals surface area contributed by atoms with Crippen molar-refractivity contribution >= 4 is 28.2 Å². The Hall–Kier alpha value is -1.54. The minimum Gasteiger partial charge on any atom is -0.490 e. The van der Waals surface area contributed by atoms with Gasteiger partial charge in [0.05, 0.1) is 12.9 Å². The van der Waals surface area contributed by atoms with Crippen LogP contribution >= 0.6 is 23.1 Å². The Morgan fingerprint density at radius 3 is 3.00 bits per heavy atom. The van der Waals surface area contributed by atoms with Crippen LogP contribution in [-0.4, -0.2) is 17.3 Å². The number of ether oxygens (including phenoxy) is 1. The number of anilines is 1. The molecule has 0 aliphatic heterocycles. The van der Waals surface area contributed by atoms with E-state index in [0.717, 1.165) is 4.34 Å². The third-order valence-corrected chi connectivity index (χ3v) is 3.74. The van der Waals surface area contributed by atoms with Crippen LogP contribution in [0.25, 0.3) is 0 Å². The number of hydrogen-bond acceptors (Lipinski definition) is 8. The molecule has 90 valence electrons. The number of nitrogens with two attached hydrogens (primary N) is 1. The first-order valence-electron chi connectivity index (χ1n) is 4.56. The molecule has 2 N–H and O–H groups in total. The molecule has 0 aliphatic carbocycles. The van der Waals surface area contributed by atoms with Crippen LogP contribution in [0.1, 0.15) is 5.76 Å². The second kappa shape index (κ2) is 5.19. The van der Waals surface area contributed by atoms with E-state index in [4.69, 9.17) is 14.9 Å². The molecular formula is C9H9N3O3S2. The molecule has 0 aliphatic rings. The molecule has 6 nitrogen and oxygen atoms in total. The average Bonchev–Trinajstić information content (AvgIpc) is 2.73. The van der Waals surface area contributed by atoms with Crippen molar-refractivity contribution in [3.63, 3.8) is 0 Å². The number of nitrogens with zero attached hydrogens (tertiary/aromatic N) is 2. The summed E-state index contributed by atoms with van der Waals surface area (Å²) < 4.78 is 10.8. The van der Waals surface area contributed by atoms with E-state index >= 15 is 0 Å². The van der Waals surface area contributed by atoms with Crippen LogP contribution in [-0.2, 0) is 5.75 Å². The minimum absolute atomic E-state index is 0.193. The Bertz CT molecular complexity index is 567. The van der Waals surface area contributed by atoms with Gasteiger partial charge in [-0.3, -0.25) is 4.79 Å². The number of thioether (sulfide) groups is 1. The molecule has 8 heteroatoms. The maximum absolute atomic E-state index is 11.4. The van der Waals surface area contributed by atoms with Gasteiger partial charge in [0.1, 0.15) is 12.0 Å². The summed E-state index contributed by atoms with van der Waals surface area (Å²) in [4.78, 5) is 11.4. The number of aromatic nitrogens is 2. The van der Waals surface area contributed by atoms with E-state index in [2.05, 4.69) is 10.2 Å². The molecule has 2 rings (SSSR count). The summed E-state index contributed by atoms with van der Waals surface area (Å²) in [7, 11) is 1.42. The molecule has 2 heterocycles. The zero-order chi connectivity index (χ0) is 12.3. The summed E-state index contributed by atoms with van der Waals surface area (Å²) in [6.07, 6.45) is 1.30. The Morgan fingerprint density at radius 2 is 2.41 bits per heavy atom. The van der Waals surface area contributed by atoms with Crippen LogP contribution < -0.4 is 15.9 Å². The quantitative estimate of drug-likeness (QED) is 0.840. The van der Waals surface area contributed by atoms with E-state index in [1.54, 1.807) is 0 Å². The van der Waals surface area contributed by atoms with Crippen molar-refractivity contribution in [2.45, 2.75) is 10.1 Å². The summed E-state index contributed by atoms with van der Waals surface area (Å²) in [6.45, 7) is 0. The van der Waals surface area contributed by atoms with Crippen molar-refractivity contribution in [1.29, 1.82) is 0 Å². The first-order chi connectivity index (χ1) is 8.19. The summed E-state index contributed by atoms with van der Waals surface area (Å²) in [5.41, 5.74) is 5.25. The minimum atomic E-state index is -0.203. The molecule has 2 aromatic heterocycles. The first kappa shape index (κ1) is 11.9. The molecular weight excluding hydrogens is 262 g/mol. The normalized spacial score (nSPS) is 10.4. The first-order valence-corrected chi connectivity index (χ1v) is 6.36. The number of hydrogen-bond donors (Lipinski definition) is 1. The summed E-state index contributed by atoms with van der Waals surface area (Å²) in [6, 6.07) is 1.40. The fourth-order valence-electron chi connectivity index (χ4n) is 1.07. The van der Waals surface area contributed by atoms with Crippen molar-refractivity contribution in [2.24, 2.45) is 0 Å². The highest BCUT2D eigenvalue weighted by atomic mass is 32.2. The summed E-state index contributed by atoms with van der Waals surface area (Å²) in [5, 5.41) is 7.96. The predicted molar refractivity (Wildman–Crippen MR) is 65.4 cm³/mol. The van der Waals surface area contributed by atoms with Gasteiger partial charge in [0.2, 0.25) is 16.3 Å². The number of nitrogen functional groups attached to an aromatic ring is 1. The molecule has 0 unspecified atom stereocenters. The van der Waals surface area contributed by atoms with E-state index < -0.39 is 0 Å². The van der Waals surface area contributed by atoms with Gasteiger partial charge in [0.25, 0.3) is 0 Å². The predicted octanol–water partition coefficient (Wildman–Crippen LogP) is 1.37. The summed E-state index contributed by atoms with van der Waals surface area (Å²) in [5.74, 6) is 1.24. The van der Waals surface area contributed by atoms with Crippen molar-refractivity contribution in [2.75, 3.05) is 12.8 Å². The van der Waals surface area contributed by atoms with Gasteiger partial charge < -0.3 is 14.9 Å². The average molecular weight is 271 g/mol. The van der Waals surface area contributed by atoms with Crippen LogP contribution in [0.3, 0.4) is 0 Å². The van der Waals surface area contributed by atoms with Gasteiger partial charge in [-0.1, -0.05) is 23.1 Å². The lowest BCUT2D eigenvalue weighted by molar-refractivity contribution is 0.381. The van der Waals surface area contributed by atoms with Crippen molar-refractivity contribution < 1.29 is 9.15 Å². The van der Waals surface area contributed by atoms with Gasteiger partial charge in [-0.25, -0.2) is 0 Å². The van der Waals surface area contributed by atoms with Crippen molar-refractivity contribution in [3.05, 3.63) is 28.3 Å². The van der Waals surface area contributed by atoms with E-state index in [-0.39, 0.29) is 11.2 Å². The second-order valence-corrected chi connectivity index (χ2v) is 5.21. The third kappa shape index (κ3) is 2.98. The largest absolute Gasteiger partial charge is 0.490 e. The highest BCUT2D eigenvalue weighted by molar-refractivity contribution is 8.00. The zero-order valence-electron chi connectivity index (χ0n) is 8.87. The molecule has 0 bridgehead atoms. The fraction of sp³-hybridized carbons (Fsp3) is 0.222. The molecule has 17 heavy (non-hydrogen) atoms. The lowest BCUT2D eigenvalue weighted by Crippen LogP contribution is -2.04. The Kier molecular flexibility index (Phi) is 3.64. The Labute approximate surface area is 105 Å². The molecule has 2 aromatic rings. The Morgan fingerprint density at radius 1 is 1.59 bits per heavy atom. The lowest BCUT2D eigenvalue weighted by atomic mass is 10.4. The van der Waals surface area contributed by atoms with Gasteiger partial charge >= 0.3 is 0 Å². The molecule has 0 saturated heterocycles. The lowest BCUT2D eigenvalue weighted by Gasteiger charge is -2.00. The highest BCUT2D eigenvalue weighted by Crippen LogP contribution is 2.26. The number of methoxy groups -OCH3 is 1. The van der Waals surface area contributed by atoms with Crippen LogP contribution in [0.15, 0.2) is 25.9 Å². The highest BCUT2D eigenvalue weighted by Gasteiger charge is 2.06. The topological polar surface area (TPSA) is 91.2 Å². The van der Waals surface area contributed by atoms with Crippen LogP contribution in [0.4, 0.5) is 5.13 Å². The maximum atomic E-state index is 11.4. The van der Waals surface area contributed by atoms with E-state index in [0.29, 0.717) is 16.6 Å². The fourth-order valence-corrected chi connectivity index (χ4v) is 2.60. The van der Waals surface area contributed by atoms with E-state index in [1.165, 1.54) is 42.5 Å². The smallest absolute Gasteiger partial charge is 0.227 e. The molecule has 0 saturated carbocycles. The number of rotatable bonds is 4. The molecule has 0 atom stereocenters. The van der Waals surface area contributed by atoms with Crippen LogP contribution in [0.5, 0.6) is 5.75 Å². The van der Waals surface area contributed by atoms with Gasteiger partial charge in [0, 0.05) is 6.07 Å². The zero-order valence-corrected chi connectivity index (χ0v) is 10.5. The molecule has 0 amide bonds. The van der Waals surface area contributed by atoms with Crippen LogP contribution in [0.2, 0.25) is 0 Å². The maximum Gasteiger partial charge on any atom is 0.227 e. The summed E-state index contributed by atoms with van der Waals surface area (Å²) >= 11 is 2.70. The SMILES string of the molecule is COc1coc(CSc2nnc(N)s2)cc1=O. The second-order valence-electron chi connectivity index (χ2n) is 2.97. The standard InChI is InChI=1S/C9H9N3O3S2/c1-14-7-3-15-5(2-6(7)13)4-16-9-12-11-8(10)17-9/h2-3H,4H2,1H3,(H2,10,11). The van der Waals surface area contributed by atoms with E-state index in [1.807, 2.05) is 0 Å². The van der Waals surface area contributed by atoms with Crippen LogP contribution in [0, 0.1) is 0 Å². The van der Waals surface area contributed by atoms with Gasteiger partial charge in [-0.15, -0.1) is 10.2 Å². The molecule has 0 radical (unpaired) electrons. The van der Waals surface area contributed by atoms with Gasteiger partial charge in [0.15, 0.2) is 4.34 Å². The van der Waals surface area contributed by atoms with E-state index in [9.17, 15) is 4.79 Å². The molecule has 0 fully saturated rings. The Balaban J connectivity index is 2.04.